The van der Waals surface area contributed by atoms with Crippen LogP contribution < -0.4 is 14.8 Å². The number of carbonyl (C=O) groups excluding carboxylic acids is 1. The van der Waals surface area contributed by atoms with E-state index in [0.29, 0.717) is 24.6 Å². The van der Waals surface area contributed by atoms with Gasteiger partial charge in [-0.25, -0.2) is 13.6 Å². The first-order valence-corrected chi connectivity index (χ1v) is 9.06. The van der Waals surface area contributed by atoms with E-state index in [-0.39, 0.29) is 24.0 Å². The van der Waals surface area contributed by atoms with Crippen LogP contribution in [-0.2, 0) is 14.8 Å². The zero-order valence-electron chi connectivity index (χ0n) is 12.9. The maximum absolute atomic E-state index is 12.2. The lowest BCUT2D eigenvalue weighted by molar-refractivity contribution is -0.117. The Kier molecular flexibility index (Phi) is 5.08. The number of rotatable bonds is 6. The predicted molar refractivity (Wildman–Crippen MR) is 85.4 cm³/mol. The van der Waals surface area contributed by atoms with Crippen LogP contribution in [0.5, 0.6) is 5.75 Å². The van der Waals surface area contributed by atoms with E-state index in [4.69, 9.17) is 9.88 Å². The highest BCUT2D eigenvalue weighted by atomic mass is 32.2. The van der Waals surface area contributed by atoms with Gasteiger partial charge in [-0.15, -0.1) is 0 Å². The predicted octanol–water partition coefficient (Wildman–Crippen LogP) is 1.43. The van der Waals surface area contributed by atoms with Crippen LogP contribution >= 0.6 is 0 Å². The quantitative estimate of drug-likeness (QED) is 0.856. The first-order chi connectivity index (χ1) is 10.3. The number of anilines is 1. The molecule has 0 aliphatic carbocycles. The van der Waals surface area contributed by atoms with Crippen molar-refractivity contribution >= 4 is 21.6 Å². The van der Waals surface area contributed by atoms with Gasteiger partial charge in [0.2, 0.25) is 15.9 Å². The molecule has 2 rings (SSSR count). The Hall–Kier alpha value is -1.60. The summed E-state index contributed by atoms with van der Waals surface area (Å²) in [5.41, 5.74) is 1.74. The molecule has 0 saturated carbocycles. The molecular weight excluding hydrogens is 304 g/mol. The molecule has 0 bridgehead atoms. The minimum Gasteiger partial charge on any atom is -0.491 e. The van der Waals surface area contributed by atoms with Crippen LogP contribution in [0, 0.1) is 12.8 Å². The molecule has 1 unspecified atom stereocenters. The van der Waals surface area contributed by atoms with E-state index in [2.05, 4.69) is 0 Å². The van der Waals surface area contributed by atoms with Gasteiger partial charge in [0, 0.05) is 18.9 Å². The molecule has 22 heavy (non-hydrogen) atoms. The molecule has 1 heterocycles. The van der Waals surface area contributed by atoms with Gasteiger partial charge in [0.1, 0.15) is 5.75 Å². The Morgan fingerprint density at radius 2 is 2.14 bits per heavy atom. The first kappa shape index (κ1) is 16.8. The van der Waals surface area contributed by atoms with Crippen molar-refractivity contribution in [3.63, 3.8) is 0 Å². The van der Waals surface area contributed by atoms with Gasteiger partial charge in [-0.2, -0.15) is 0 Å². The zero-order valence-corrected chi connectivity index (χ0v) is 13.7. The lowest BCUT2D eigenvalue weighted by Crippen LogP contribution is -2.27. The highest BCUT2D eigenvalue weighted by Crippen LogP contribution is 2.34. The van der Waals surface area contributed by atoms with E-state index in [9.17, 15) is 13.2 Å². The number of aryl methyl sites for hydroxylation is 1. The van der Waals surface area contributed by atoms with E-state index in [0.717, 1.165) is 12.0 Å². The fraction of sp³-hybridized carbons (Fsp3) is 0.533. The van der Waals surface area contributed by atoms with Crippen molar-refractivity contribution in [3.8, 4) is 5.75 Å². The molecule has 0 aromatic heterocycles. The minimum absolute atomic E-state index is 0.0983. The lowest BCUT2D eigenvalue weighted by atomic mass is 10.1. The number of benzene rings is 1. The van der Waals surface area contributed by atoms with Gasteiger partial charge in [-0.1, -0.05) is 13.0 Å². The second kappa shape index (κ2) is 6.66. The second-order valence-corrected chi connectivity index (χ2v) is 7.38. The molecule has 122 valence electrons. The fourth-order valence-corrected chi connectivity index (χ4v) is 3.51. The number of hydrogen-bond donors (Lipinski definition) is 1. The summed E-state index contributed by atoms with van der Waals surface area (Å²) in [4.78, 5) is 13.8. The Labute approximate surface area is 131 Å². The first-order valence-electron chi connectivity index (χ1n) is 7.34. The molecule has 2 N–H and O–H groups in total. The molecule has 1 aromatic carbocycles. The van der Waals surface area contributed by atoms with Crippen molar-refractivity contribution in [3.05, 3.63) is 23.8 Å². The maximum Gasteiger partial charge on any atom is 0.227 e. The van der Waals surface area contributed by atoms with E-state index in [1.165, 1.54) is 0 Å². The Bertz CT molecular complexity index is 658. The molecule has 1 aromatic rings. The van der Waals surface area contributed by atoms with Crippen LogP contribution in [0.2, 0.25) is 0 Å². The summed E-state index contributed by atoms with van der Waals surface area (Å²) in [6.07, 6.45) is 1.06. The molecule has 0 radical (unpaired) electrons. The average molecular weight is 326 g/mol. The summed E-state index contributed by atoms with van der Waals surface area (Å²) in [7, 11) is -3.58. The Morgan fingerprint density at radius 3 is 2.77 bits per heavy atom. The van der Waals surface area contributed by atoms with Crippen molar-refractivity contribution < 1.29 is 17.9 Å². The van der Waals surface area contributed by atoms with Gasteiger partial charge in [-0.05, 0) is 31.0 Å². The van der Waals surface area contributed by atoms with Crippen molar-refractivity contribution in [1.82, 2.24) is 0 Å². The summed E-state index contributed by atoms with van der Waals surface area (Å²) in [5, 5.41) is 5.08. The van der Waals surface area contributed by atoms with Crippen LogP contribution in [-0.4, -0.2) is 33.2 Å². The van der Waals surface area contributed by atoms with Gasteiger partial charge >= 0.3 is 0 Å². The van der Waals surface area contributed by atoms with Gasteiger partial charge in [0.15, 0.2) is 0 Å². The van der Waals surface area contributed by atoms with Crippen LogP contribution in [0.25, 0.3) is 0 Å². The highest BCUT2D eigenvalue weighted by molar-refractivity contribution is 7.89. The second-order valence-electron chi connectivity index (χ2n) is 5.72. The van der Waals surface area contributed by atoms with Gasteiger partial charge in [-0.3, -0.25) is 4.79 Å². The summed E-state index contributed by atoms with van der Waals surface area (Å²) in [5.74, 6) is 0.111. The normalized spacial score (nSPS) is 18.8. The number of primary sulfonamides is 1. The summed E-state index contributed by atoms with van der Waals surface area (Å²) in [6.45, 7) is 4.89. The molecule has 6 nitrogen and oxygen atoms in total. The fourth-order valence-electron chi connectivity index (χ4n) is 2.63. The lowest BCUT2D eigenvalue weighted by Gasteiger charge is -2.21. The molecule has 1 saturated heterocycles. The van der Waals surface area contributed by atoms with E-state index in [1.54, 1.807) is 4.90 Å². The summed E-state index contributed by atoms with van der Waals surface area (Å²) < 4.78 is 28.2. The minimum atomic E-state index is -3.58. The van der Waals surface area contributed by atoms with Crippen molar-refractivity contribution in [2.24, 2.45) is 11.1 Å². The van der Waals surface area contributed by atoms with Crippen LogP contribution in [0.1, 0.15) is 25.3 Å². The molecule has 1 atom stereocenters. The molecule has 7 heteroatoms. The van der Waals surface area contributed by atoms with Crippen molar-refractivity contribution in [2.75, 3.05) is 23.8 Å². The monoisotopic (exact) mass is 326 g/mol. The number of nitrogens with two attached hydrogens (primary N) is 1. The van der Waals surface area contributed by atoms with Crippen LogP contribution in [0.3, 0.4) is 0 Å². The summed E-state index contributed by atoms with van der Waals surface area (Å²) in [6, 6.07) is 5.65. The smallest absolute Gasteiger partial charge is 0.227 e. The Balaban J connectivity index is 2.22. The van der Waals surface area contributed by atoms with E-state index < -0.39 is 10.0 Å². The number of sulfonamides is 1. The van der Waals surface area contributed by atoms with Crippen LogP contribution in [0.4, 0.5) is 5.69 Å². The molecule has 1 amide bonds. The number of hydrogen-bond acceptors (Lipinski definition) is 4. The molecule has 1 aliphatic rings. The average Bonchev–Trinajstić information content (AvgIpc) is 2.75. The molecular formula is C15H22N2O4S. The third kappa shape index (κ3) is 4.20. The summed E-state index contributed by atoms with van der Waals surface area (Å²) >= 11 is 0. The highest BCUT2D eigenvalue weighted by Gasteiger charge is 2.34. The zero-order chi connectivity index (χ0) is 16.3. The maximum atomic E-state index is 12.2. The third-order valence-electron chi connectivity index (χ3n) is 3.54. The van der Waals surface area contributed by atoms with Gasteiger partial charge in [0.25, 0.3) is 0 Å². The Morgan fingerprint density at radius 1 is 1.41 bits per heavy atom. The van der Waals surface area contributed by atoms with Crippen molar-refractivity contribution in [2.45, 2.75) is 26.7 Å². The standard InChI is InChI=1S/C15H22N2O4S/c1-3-6-21-14-7-11(2)4-5-13(14)17-9-12(8-15(17)18)10-22(16,19)20/h4-5,7,12H,3,6,8-10H2,1-2H3,(H2,16,19,20). The van der Waals surface area contributed by atoms with Gasteiger partial charge < -0.3 is 9.64 Å². The number of amides is 1. The number of ether oxygens (including phenoxy) is 1. The van der Waals surface area contributed by atoms with E-state index in [1.807, 2.05) is 32.0 Å². The topological polar surface area (TPSA) is 89.7 Å². The number of nitrogens with zero attached hydrogens (tertiary/aromatic N) is 1. The molecule has 1 aliphatic heterocycles. The SMILES string of the molecule is CCCOc1cc(C)ccc1N1CC(CS(N)(=O)=O)CC1=O. The molecule has 0 spiro atoms. The largest absolute Gasteiger partial charge is 0.491 e. The van der Waals surface area contributed by atoms with Gasteiger partial charge in [0.05, 0.1) is 18.0 Å². The third-order valence-corrected chi connectivity index (χ3v) is 4.48. The molecule has 1 fully saturated rings. The van der Waals surface area contributed by atoms with Crippen molar-refractivity contribution in [1.29, 1.82) is 0 Å². The van der Waals surface area contributed by atoms with Crippen LogP contribution in [0.15, 0.2) is 18.2 Å². The van der Waals surface area contributed by atoms with E-state index >= 15 is 0 Å². The number of carbonyl (C=O) groups is 1.